The molecule has 4 heteroatoms. The van der Waals surface area contributed by atoms with Crippen LogP contribution in [0.2, 0.25) is 0 Å². The molecule has 1 amide bonds. The smallest absolute Gasteiger partial charge is 0.207 e. The van der Waals surface area contributed by atoms with Crippen LogP contribution >= 0.6 is 0 Å². The van der Waals surface area contributed by atoms with Gasteiger partial charge in [0.2, 0.25) is 6.41 Å². The molecule has 0 aliphatic carbocycles. The van der Waals surface area contributed by atoms with Crippen molar-refractivity contribution in [3.05, 3.63) is 0 Å². The topological polar surface area (TPSA) is 49.3 Å². The molecule has 0 aliphatic heterocycles. The molecule has 0 bridgehead atoms. The zero-order chi connectivity index (χ0) is 6.41. The highest BCUT2D eigenvalue weighted by Crippen LogP contribution is 1.82. The third-order valence-corrected chi connectivity index (χ3v) is 0.621. The number of alkyl halides is 1. The third kappa shape index (κ3) is 3.55. The fourth-order valence-electron chi connectivity index (χ4n) is 0.241. The Bertz CT molecular complexity index is 69.1. The molecule has 0 heterocycles. The monoisotopic (exact) mass is 121 g/mol. The number of hydrogen-bond donors (Lipinski definition) is 2. The first kappa shape index (κ1) is 7.36. The van der Waals surface area contributed by atoms with Crippen molar-refractivity contribution < 1.29 is 14.3 Å². The van der Waals surface area contributed by atoms with E-state index in [1.165, 1.54) is 0 Å². The van der Waals surface area contributed by atoms with Crippen LogP contribution in [0.3, 0.4) is 0 Å². The molecule has 3 nitrogen and oxygen atoms in total. The van der Waals surface area contributed by atoms with E-state index in [2.05, 4.69) is 5.32 Å². The van der Waals surface area contributed by atoms with Crippen LogP contribution in [-0.2, 0) is 4.79 Å². The van der Waals surface area contributed by atoms with E-state index in [9.17, 15) is 9.18 Å². The van der Waals surface area contributed by atoms with E-state index >= 15 is 0 Å². The Balaban J connectivity index is 2.97. The van der Waals surface area contributed by atoms with Crippen molar-refractivity contribution in [3.8, 4) is 0 Å². The lowest BCUT2D eigenvalue weighted by atomic mass is 10.4. The fourth-order valence-corrected chi connectivity index (χ4v) is 0.241. The van der Waals surface area contributed by atoms with Gasteiger partial charge in [-0.05, 0) is 0 Å². The predicted molar refractivity (Wildman–Crippen MR) is 26.0 cm³/mol. The molecule has 0 saturated heterocycles. The molecule has 1 atom stereocenters. The average Bonchev–Trinajstić information content (AvgIpc) is 1.83. The maximum atomic E-state index is 11.8. The van der Waals surface area contributed by atoms with Gasteiger partial charge in [-0.3, -0.25) is 4.79 Å². The molecule has 0 saturated carbocycles. The van der Waals surface area contributed by atoms with Gasteiger partial charge < -0.3 is 10.4 Å². The summed E-state index contributed by atoms with van der Waals surface area (Å²) in [6, 6.07) is 0. The highest BCUT2D eigenvalue weighted by Gasteiger charge is 2.00. The van der Waals surface area contributed by atoms with Crippen LogP contribution in [0, 0.1) is 0 Å². The van der Waals surface area contributed by atoms with Crippen molar-refractivity contribution >= 4 is 6.41 Å². The summed E-state index contributed by atoms with van der Waals surface area (Å²) in [5.74, 6) is 0. The van der Waals surface area contributed by atoms with Gasteiger partial charge in [0.25, 0.3) is 0 Å². The number of halogens is 1. The van der Waals surface area contributed by atoms with Gasteiger partial charge in [-0.15, -0.1) is 0 Å². The molecule has 8 heavy (non-hydrogen) atoms. The van der Waals surface area contributed by atoms with Gasteiger partial charge in [0, 0.05) is 0 Å². The Hall–Kier alpha value is -0.640. The van der Waals surface area contributed by atoms with E-state index in [0.717, 1.165) is 0 Å². The summed E-state index contributed by atoms with van der Waals surface area (Å²) < 4.78 is 11.8. The highest BCUT2D eigenvalue weighted by atomic mass is 19.1. The van der Waals surface area contributed by atoms with Crippen molar-refractivity contribution in [3.63, 3.8) is 0 Å². The normalized spacial score (nSPS) is 12.8. The SMILES string of the molecule is O=CNCC(F)CO. The van der Waals surface area contributed by atoms with Crippen LogP contribution in [0.1, 0.15) is 0 Å². The van der Waals surface area contributed by atoms with E-state index in [1.807, 2.05) is 0 Å². The number of carbonyl (C=O) groups excluding carboxylic acids is 1. The van der Waals surface area contributed by atoms with Gasteiger partial charge in [0.05, 0.1) is 13.2 Å². The first-order chi connectivity index (χ1) is 3.81. The first-order valence-electron chi connectivity index (χ1n) is 2.23. The van der Waals surface area contributed by atoms with Crippen molar-refractivity contribution in [2.75, 3.05) is 13.2 Å². The number of aliphatic hydroxyl groups is 1. The molecule has 0 spiro atoms. The molecule has 2 N–H and O–H groups in total. The third-order valence-electron chi connectivity index (χ3n) is 0.621. The Morgan fingerprint density at radius 1 is 1.88 bits per heavy atom. The Morgan fingerprint density at radius 2 is 2.50 bits per heavy atom. The number of carbonyl (C=O) groups is 1. The number of nitrogens with one attached hydrogen (secondary N) is 1. The van der Waals surface area contributed by atoms with Gasteiger partial charge in [0.1, 0.15) is 6.17 Å². The predicted octanol–water partition coefficient (Wildman–Crippen LogP) is -0.937. The average molecular weight is 121 g/mol. The maximum absolute atomic E-state index is 11.8. The number of hydrogen-bond acceptors (Lipinski definition) is 2. The molecule has 1 unspecified atom stereocenters. The summed E-state index contributed by atoms with van der Waals surface area (Å²) in [5, 5.41) is 10.1. The van der Waals surface area contributed by atoms with Gasteiger partial charge in [-0.2, -0.15) is 0 Å². The number of aliphatic hydroxyl groups excluding tert-OH is 1. The molecule has 0 fully saturated rings. The van der Waals surface area contributed by atoms with E-state index < -0.39 is 12.8 Å². The van der Waals surface area contributed by atoms with E-state index in [-0.39, 0.29) is 6.54 Å². The minimum Gasteiger partial charge on any atom is -0.393 e. The Labute approximate surface area is 46.5 Å². The Kier molecular flexibility index (Phi) is 4.16. The number of amides is 1. The van der Waals surface area contributed by atoms with Crippen LogP contribution in [0.5, 0.6) is 0 Å². The maximum Gasteiger partial charge on any atom is 0.207 e. The lowest BCUT2D eigenvalue weighted by molar-refractivity contribution is -0.109. The summed E-state index contributed by atoms with van der Waals surface area (Å²) in [6.45, 7) is -0.652. The summed E-state index contributed by atoms with van der Waals surface area (Å²) >= 11 is 0. The summed E-state index contributed by atoms with van der Waals surface area (Å²) in [4.78, 5) is 9.47. The summed E-state index contributed by atoms with van der Waals surface area (Å²) in [5.41, 5.74) is 0. The second-order valence-electron chi connectivity index (χ2n) is 1.31. The second kappa shape index (κ2) is 4.52. The van der Waals surface area contributed by atoms with Crippen LogP contribution in [0.25, 0.3) is 0 Å². The summed E-state index contributed by atoms with van der Waals surface area (Å²) in [6.07, 6.45) is -0.942. The molecule has 48 valence electrons. The molecule has 0 aromatic carbocycles. The molecule has 0 aromatic rings. The lowest BCUT2D eigenvalue weighted by Crippen LogP contribution is -2.24. The quantitative estimate of drug-likeness (QED) is 0.472. The van der Waals surface area contributed by atoms with Crippen LogP contribution in [0.15, 0.2) is 0 Å². The van der Waals surface area contributed by atoms with E-state index in [1.54, 1.807) is 0 Å². The van der Waals surface area contributed by atoms with E-state index in [4.69, 9.17) is 5.11 Å². The van der Waals surface area contributed by atoms with Crippen LogP contribution in [-0.4, -0.2) is 30.8 Å². The van der Waals surface area contributed by atoms with Crippen LogP contribution < -0.4 is 5.32 Å². The van der Waals surface area contributed by atoms with Gasteiger partial charge >= 0.3 is 0 Å². The highest BCUT2D eigenvalue weighted by molar-refractivity contribution is 5.45. The molecular weight excluding hydrogens is 113 g/mol. The van der Waals surface area contributed by atoms with Crippen molar-refractivity contribution in [1.82, 2.24) is 5.32 Å². The largest absolute Gasteiger partial charge is 0.393 e. The zero-order valence-corrected chi connectivity index (χ0v) is 4.30. The molecule has 0 aromatic heterocycles. The molecule has 0 radical (unpaired) electrons. The zero-order valence-electron chi connectivity index (χ0n) is 4.30. The molecule has 0 rings (SSSR count). The second-order valence-corrected chi connectivity index (χ2v) is 1.31. The summed E-state index contributed by atoms with van der Waals surface area (Å²) in [7, 11) is 0. The lowest BCUT2D eigenvalue weighted by Gasteiger charge is -1.99. The van der Waals surface area contributed by atoms with Gasteiger partial charge in [-0.1, -0.05) is 0 Å². The van der Waals surface area contributed by atoms with Gasteiger partial charge in [0.15, 0.2) is 0 Å². The Morgan fingerprint density at radius 3 is 2.88 bits per heavy atom. The number of rotatable bonds is 4. The van der Waals surface area contributed by atoms with Crippen molar-refractivity contribution in [2.45, 2.75) is 6.17 Å². The standard InChI is InChI=1S/C4H8FNO2/c5-4(2-7)1-6-3-8/h3-4,7H,1-2H2,(H,6,8). The molecular formula is C4H8FNO2. The molecule has 0 aliphatic rings. The van der Waals surface area contributed by atoms with Crippen molar-refractivity contribution in [1.29, 1.82) is 0 Å². The minimum atomic E-state index is -1.33. The van der Waals surface area contributed by atoms with Crippen molar-refractivity contribution in [2.24, 2.45) is 0 Å². The van der Waals surface area contributed by atoms with E-state index in [0.29, 0.717) is 6.41 Å². The minimum absolute atomic E-state index is 0.111. The first-order valence-corrected chi connectivity index (χ1v) is 2.23. The van der Waals surface area contributed by atoms with Gasteiger partial charge in [-0.25, -0.2) is 4.39 Å². The van der Waals surface area contributed by atoms with Crippen LogP contribution in [0.4, 0.5) is 4.39 Å². The fraction of sp³-hybridized carbons (Fsp3) is 0.750.